The van der Waals surface area contributed by atoms with Gasteiger partial charge in [-0.25, -0.2) is 4.98 Å². The van der Waals surface area contributed by atoms with Gasteiger partial charge in [0.1, 0.15) is 11.1 Å². The van der Waals surface area contributed by atoms with Crippen LogP contribution in [-0.2, 0) is 5.60 Å². The molecule has 1 aromatic heterocycles. The molecule has 0 amide bonds. The van der Waals surface area contributed by atoms with Crippen molar-refractivity contribution in [3.63, 3.8) is 0 Å². The fourth-order valence-corrected chi connectivity index (χ4v) is 2.42. The van der Waals surface area contributed by atoms with Crippen molar-refractivity contribution in [2.75, 3.05) is 0 Å². The maximum absolute atomic E-state index is 11.1. The van der Waals surface area contributed by atoms with Crippen LogP contribution in [0, 0.1) is 28.6 Å². The van der Waals surface area contributed by atoms with Gasteiger partial charge in [0.05, 0.1) is 6.07 Å². The van der Waals surface area contributed by atoms with Gasteiger partial charge in [0.25, 0.3) is 0 Å². The van der Waals surface area contributed by atoms with Gasteiger partial charge in [0, 0.05) is 6.20 Å². The molecule has 1 aromatic carbocycles. The highest BCUT2D eigenvalue weighted by atomic mass is 16.3. The van der Waals surface area contributed by atoms with Crippen molar-refractivity contribution < 1.29 is 5.11 Å². The van der Waals surface area contributed by atoms with Gasteiger partial charge < -0.3 is 5.11 Å². The molecule has 1 aliphatic carbocycles. The highest BCUT2D eigenvalue weighted by Crippen LogP contribution is 2.57. The first kappa shape index (κ1) is 13.4. The smallest absolute Gasteiger partial charge is 0.169 e. The number of pyridine rings is 1. The molecule has 1 saturated carbocycles. The third-order valence-electron chi connectivity index (χ3n) is 3.88. The highest BCUT2D eigenvalue weighted by molar-refractivity contribution is 5.44. The summed E-state index contributed by atoms with van der Waals surface area (Å²) in [5.74, 6) is 5.80. The third kappa shape index (κ3) is 2.29. The zero-order valence-corrected chi connectivity index (χ0v) is 11.5. The van der Waals surface area contributed by atoms with Crippen LogP contribution in [0.15, 0.2) is 54.7 Å². The number of nitrogens with zero attached hydrogens (tertiary/aromatic N) is 2. The first-order valence-electron chi connectivity index (χ1n) is 6.84. The Labute approximate surface area is 123 Å². The summed E-state index contributed by atoms with van der Waals surface area (Å²) < 4.78 is 0. The summed E-state index contributed by atoms with van der Waals surface area (Å²) in [5.41, 5.74) is -1.02. The topological polar surface area (TPSA) is 56.9 Å². The molecule has 21 heavy (non-hydrogen) atoms. The monoisotopic (exact) mass is 274 g/mol. The van der Waals surface area contributed by atoms with E-state index in [9.17, 15) is 10.4 Å². The van der Waals surface area contributed by atoms with E-state index in [2.05, 4.69) is 22.9 Å². The van der Waals surface area contributed by atoms with Gasteiger partial charge in [-0.3, -0.25) is 0 Å². The number of benzene rings is 1. The molecule has 3 nitrogen and oxygen atoms in total. The largest absolute Gasteiger partial charge is 0.372 e. The Bertz CT molecular complexity index is 734. The molecule has 0 aliphatic heterocycles. The molecule has 3 heteroatoms. The Morgan fingerprint density at radius 2 is 1.81 bits per heavy atom. The second kappa shape index (κ2) is 5.05. The summed E-state index contributed by atoms with van der Waals surface area (Å²) in [4.78, 5) is 4.14. The number of hydrogen-bond acceptors (Lipinski definition) is 3. The Kier molecular flexibility index (Phi) is 3.22. The van der Waals surface area contributed by atoms with E-state index in [4.69, 9.17) is 0 Å². The van der Waals surface area contributed by atoms with Crippen molar-refractivity contribution in [1.29, 1.82) is 5.26 Å². The standard InChI is InChI=1S/C18H14N2O/c19-14-17(11-12-17)18(21,15-6-2-1-3-7-15)10-9-16-8-4-5-13-20-16/h1-8,13,21H,11-12H2/t18-/m0/s1. The first-order chi connectivity index (χ1) is 10.2. The highest BCUT2D eigenvalue weighted by Gasteiger charge is 2.60. The zero-order chi connectivity index (χ0) is 14.8. The summed E-state index contributed by atoms with van der Waals surface area (Å²) in [7, 11) is 0. The van der Waals surface area contributed by atoms with E-state index in [0.29, 0.717) is 24.1 Å². The lowest BCUT2D eigenvalue weighted by atomic mass is 9.79. The van der Waals surface area contributed by atoms with E-state index < -0.39 is 11.0 Å². The SMILES string of the molecule is N#CC1([C@](O)(C#Cc2ccccn2)c2ccccc2)CC1. The van der Waals surface area contributed by atoms with Crippen molar-refractivity contribution in [2.24, 2.45) is 5.41 Å². The van der Waals surface area contributed by atoms with E-state index in [-0.39, 0.29) is 0 Å². The first-order valence-corrected chi connectivity index (χ1v) is 6.84. The fourth-order valence-electron chi connectivity index (χ4n) is 2.42. The van der Waals surface area contributed by atoms with Crippen LogP contribution in [0.2, 0.25) is 0 Å². The molecule has 0 saturated heterocycles. The fraction of sp³-hybridized carbons (Fsp3) is 0.222. The van der Waals surface area contributed by atoms with Crippen LogP contribution >= 0.6 is 0 Å². The number of rotatable bonds is 2. The van der Waals surface area contributed by atoms with Crippen LogP contribution in [0.5, 0.6) is 0 Å². The van der Waals surface area contributed by atoms with Crippen molar-refractivity contribution in [2.45, 2.75) is 18.4 Å². The lowest BCUT2D eigenvalue weighted by Gasteiger charge is -2.27. The van der Waals surface area contributed by atoms with Crippen molar-refractivity contribution in [1.82, 2.24) is 4.98 Å². The molecule has 1 heterocycles. The minimum atomic E-state index is -1.46. The second-order valence-electron chi connectivity index (χ2n) is 5.24. The summed E-state index contributed by atoms with van der Waals surface area (Å²) in [6.07, 6.45) is 2.97. The normalized spacial score (nSPS) is 17.7. The molecule has 1 N–H and O–H groups in total. The zero-order valence-electron chi connectivity index (χ0n) is 11.5. The van der Waals surface area contributed by atoms with Gasteiger partial charge in [0.2, 0.25) is 0 Å². The van der Waals surface area contributed by atoms with Gasteiger partial charge in [-0.2, -0.15) is 5.26 Å². The molecule has 0 radical (unpaired) electrons. The maximum atomic E-state index is 11.1. The summed E-state index contributed by atoms with van der Waals surface area (Å²) in [6, 6.07) is 16.9. The predicted octanol–water partition coefficient (Wildman–Crippen LogP) is 2.62. The second-order valence-corrected chi connectivity index (χ2v) is 5.24. The van der Waals surface area contributed by atoms with Crippen LogP contribution in [0.1, 0.15) is 24.1 Å². The van der Waals surface area contributed by atoms with Crippen LogP contribution in [0.3, 0.4) is 0 Å². The third-order valence-corrected chi connectivity index (χ3v) is 3.88. The van der Waals surface area contributed by atoms with Gasteiger partial charge in [-0.1, -0.05) is 42.3 Å². The minimum absolute atomic E-state index is 0.584. The maximum Gasteiger partial charge on any atom is 0.169 e. The van der Waals surface area contributed by atoms with Crippen molar-refractivity contribution in [3.05, 3.63) is 66.0 Å². The molecule has 102 valence electrons. The molecule has 3 rings (SSSR count). The minimum Gasteiger partial charge on any atom is -0.372 e. The van der Waals surface area contributed by atoms with Crippen LogP contribution in [0.25, 0.3) is 0 Å². The van der Waals surface area contributed by atoms with Crippen molar-refractivity contribution >= 4 is 0 Å². The van der Waals surface area contributed by atoms with E-state index in [1.54, 1.807) is 12.3 Å². The Morgan fingerprint density at radius 3 is 2.38 bits per heavy atom. The van der Waals surface area contributed by atoms with Gasteiger partial charge in [-0.15, -0.1) is 0 Å². The Balaban J connectivity index is 2.07. The van der Waals surface area contributed by atoms with Gasteiger partial charge in [0.15, 0.2) is 5.60 Å². The Hall–Kier alpha value is -2.62. The number of aromatic nitrogens is 1. The van der Waals surface area contributed by atoms with E-state index >= 15 is 0 Å². The lowest BCUT2D eigenvalue weighted by molar-refractivity contribution is 0.0456. The number of aliphatic hydroxyl groups is 1. The van der Waals surface area contributed by atoms with Crippen LogP contribution < -0.4 is 0 Å². The average Bonchev–Trinajstić information content (AvgIpc) is 3.36. The average molecular weight is 274 g/mol. The molecule has 0 spiro atoms. The molecule has 1 fully saturated rings. The molecule has 0 bridgehead atoms. The number of nitriles is 1. The predicted molar refractivity (Wildman–Crippen MR) is 78.7 cm³/mol. The van der Waals surface area contributed by atoms with Gasteiger partial charge >= 0.3 is 0 Å². The molecule has 1 aliphatic rings. The van der Waals surface area contributed by atoms with E-state index in [0.717, 1.165) is 0 Å². The summed E-state index contributed by atoms with van der Waals surface area (Å²) in [5, 5.41) is 20.6. The van der Waals surface area contributed by atoms with Crippen molar-refractivity contribution in [3.8, 4) is 17.9 Å². The number of hydrogen-bond donors (Lipinski definition) is 1. The van der Waals surface area contributed by atoms with Crippen LogP contribution in [0.4, 0.5) is 0 Å². The van der Waals surface area contributed by atoms with E-state index in [1.165, 1.54) is 0 Å². The quantitative estimate of drug-likeness (QED) is 0.856. The molecule has 2 aromatic rings. The van der Waals surface area contributed by atoms with Crippen LogP contribution in [-0.4, -0.2) is 10.1 Å². The summed E-state index contributed by atoms with van der Waals surface area (Å²) in [6.45, 7) is 0. The van der Waals surface area contributed by atoms with E-state index in [1.807, 2.05) is 42.5 Å². The summed E-state index contributed by atoms with van der Waals surface area (Å²) >= 11 is 0. The Morgan fingerprint density at radius 1 is 1.10 bits per heavy atom. The molecular weight excluding hydrogens is 260 g/mol. The molecule has 0 unspecified atom stereocenters. The van der Waals surface area contributed by atoms with Gasteiger partial charge in [-0.05, 0) is 36.5 Å². The molecular formula is C18H14N2O. The molecule has 1 atom stereocenters. The lowest BCUT2D eigenvalue weighted by Crippen LogP contribution is -2.34.